The molecule has 0 aliphatic carbocycles. The fraction of sp³-hybridized carbons (Fsp3) is 0.353. The number of nitrogens with zero attached hydrogens (tertiary/aromatic N) is 3. The van der Waals surface area contributed by atoms with Crippen molar-refractivity contribution in [3.8, 4) is 0 Å². The molecular formula is C17H19FN4O2S. The molecule has 0 saturated carbocycles. The molecule has 2 aromatic rings. The number of thiazole rings is 1. The van der Waals surface area contributed by atoms with E-state index < -0.39 is 5.82 Å². The van der Waals surface area contributed by atoms with Crippen LogP contribution in [0.25, 0.3) is 0 Å². The van der Waals surface area contributed by atoms with Gasteiger partial charge in [0.05, 0.1) is 0 Å². The Morgan fingerprint density at radius 2 is 1.96 bits per heavy atom. The van der Waals surface area contributed by atoms with Gasteiger partial charge in [0.1, 0.15) is 5.82 Å². The van der Waals surface area contributed by atoms with Crippen molar-refractivity contribution in [3.05, 3.63) is 46.7 Å². The first-order valence-corrected chi connectivity index (χ1v) is 8.94. The fourth-order valence-corrected chi connectivity index (χ4v) is 3.36. The molecule has 8 heteroatoms. The van der Waals surface area contributed by atoms with E-state index in [4.69, 9.17) is 0 Å². The van der Waals surface area contributed by atoms with Crippen LogP contribution in [-0.4, -0.2) is 52.9 Å². The fourth-order valence-electron chi connectivity index (χ4n) is 2.62. The summed E-state index contributed by atoms with van der Waals surface area (Å²) < 4.78 is 13.3. The smallest absolute Gasteiger partial charge is 0.323 e. The van der Waals surface area contributed by atoms with E-state index >= 15 is 0 Å². The molecule has 2 heterocycles. The molecule has 1 aromatic carbocycles. The molecule has 132 valence electrons. The van der Waals surface area contributed by atoms with Crippen LogP contribution in [0.1, 0.15) is 22.2 Å². The van der Waals surface area contributed by atoms with Crippen LogP contribution in [0.15, 0.2) is 30.5 Å². The normalized spacial score (nSPS) is 14.5. The van der Waals surface area contributed by atoms with Crippen molar-refractivity contribution in [2.24, 2.45) is 0 Å². The predicted molar refractivity (Wildman–Crippen MR) is 94.4 cm³/mol. The Morgan fingerprint density at radius 1 is 1.24 bits per heavy atom. The Balaban J connectivity index is 1.54. The van der Waals surface area contributed by atoms with Gasteiger partial charge in [0.25, 0.3) is 5.91 Å². The van der Waals surface area contributed by atoms with Crippen molar-refractivity contribution < 1.29 is 14.0 Å². The summed E-state index contributed by atoms with van der Waals surface area (Å²) in [7, 11) is 0. The second-order valence-corrected chi connectivity index (χ2v) is 6.82. The summed E-state index contributed by atoms with van der Waals surface area (Å²) in [6.07, 6.45) is 2.64. The summed E-state index contributed by atoms with van der Waals surface area (Å²) in [6.45, 7) is 3.73. The van der Waals surface area contributed by atoms with Crippen LogP contribution in [0.3, 0.4) is 0 Å². The lowest BCUT2D eigenvalue weighted by atomic mass is 10.2. The lowest BCUT2D eigenvalue weighted by Gasteiger charge is -2.34. The lowest BCUT2D eigenvalue weighted by molar-refractivity contribution is 0.0671. The molecule has 0 bridgehead atoms. The third-order valence-electron chi connectivity index (χ3n) is 4.04. The lowest BCUT2D eigenvalue weighted by Crippen LogP contribution is -2.51. The minimum absolute atomic E-state index is 0.213. The van der Waals surface area contributed by atoms with E-state index in [0.717, 1.165) is 11.3 Å². The van der Waals surface area contributed by atoms with Crippen LogP contribution in [-0.2, 0) is 6.42 Å². The van der Waals surface area contributed by atoms with E-state index in [0.29, 0.717) is 36.9 Å². The number of aryl methyl sites for hydroxylation is 1. The maximum atomic E-state index is 13.3. The monoisotopic (exact) mass is 362 g/mol. The van der Waals surface area contributed by atoms with E-state index in [1.807, 2.05) is 6.92 Å². The minimum Gasteiger partial charge on any atom is -0.335 e. The van der Waals surface area contributed by atoms with Crippen molar-refractivity contribution in [2.45, 2.75) is 13.3 Å². The highest BCUT2D eigenvalue weighted by Gasteiger charge is 2.25. The SMILES string of the molecule is CCc1cnc(NC(=O)N2CCN(C(=O)c3cccc(F)c3)CC2)s1. The van der Waals surface area contributed by atoms with Gasteiger partial charge in [-0.2, -0.15) is 0 Å². The number of hydrogen-bond acceptors (Lipinski definition) is 4. The highest BCUT2D eigenvalue weighted by Crippen LogP contribution is 2.19. The molecule has 6 nitrogen and oxygen atoms in total. The number of nitrogens with one attached hydrogen (secondary N) is 1. The summed E-state index contributed by atoms with van der Waals surface area (Å²) in [6, 6.07) is 5.44. The Kier molecular flexibility index (Phi) is 5.28. The minimum atomic E-state index is -0.432. The van der Waals surface area contributed by atoms with E-state index in [-0.39, 0.29) is 11.9 Å². The molecule has 1 N–H and O–H groups in total. The number of halogens is 1. The number of carbonyl (C=O) groups is 2. The van der Waals surface area contributed by atoms with Gasteiger partial charge < -0.3 is 9.80 Å². The van der Waals surface area contributed by atoms with E-state index in [1.165, 1.54) is 29.5 Å². The van der Waals surface area contributed by atoms with Crippen molar-refractivity contribution >= 4 is 28.4 Å². The van der Waals surface area contributed by atoms with Crippen LogP contribution in [0.2, 0.25) is 0 Å². The maximum absolute atomic E-state index is 13.3. The van der Waals surface area contributed by atoms with Crippen molar-refractivity contribution in [1.82, 2.24) is 14.8 Å². The number of carbonyl (C=O) groups excluding carboxylic acids is 2. The van der Waals surface area contributed by atoms with E-state index in [9.17, 15) is 14.0 Å². The van der Waals surface area contributed by atoms with Gasteiger partial charge in [-0.25, -0.2) is 14.2 Å². The first-order valence-electron chi connectivity index (χ1n) is 8.12. The molecule has 0 radical (unpaired) electrons. The Bertz CT molecular complexity index is 772. The van der Waals surface area contributed by atoms with Crippen molar-refractivity contribution in [3.63, 3.8) is 0 Å². The number of hydrogen-bond donors (Lipinski definition) is 1. The molecule has 1 aliphatic heterocycles. The molecular weight excluding hydrogens is 343 g/mol. The highest BCUT2D eigenvalue weighted by molar-refractivity contribution is 7.15. The molecule has 0 unspecified atom stereocenters. The standard InChI is InChI=1S/C17H19FN4O2S/c1-2-14-11-19-16(25-14)20-17(24)22-8-6-21(7-9-22)15(23)12-4-3-5-13(18)10-12/h3-5,10-11H,2,6-9H2,1H3,(H,19,20,24). The molecule has 1 aromatic heterocycles. The zero-order valence-electron chi connectivity index (χ0n) is 13.9. The number of rotatable bonds is 3. The van der Waals surface area contributed by atoms with Gasteiger partial charge in [0.2, 0.25) is 0 Å². The van der Waals surface area contributed by atoms with Gasteiger partial charge in [-0.3, -0.25) is 10.1 Å². The molecule has 0 spiro atoms. The third-order valence-corrected chi connectivity index (χ3v) is 5.10. The first-order chi connectivity index (χ1) is 12.1. The van der Waals surface area contributed by atoms with Gasteiger partial charge in [-0.05, 0) is 24.6 Å². The molecule has 0 atom stereocenters. The second-order valence-electron chi connectivity index (χ2n) is 5.71. The molecule has 1 aliphatic rings. The zero-order valence-corrected chi connectivity index (χ0v) is 14.7. The summed E-state index contributed by atoms with van der Waals surface area (Å²) in [4.78, 5) is 33.2. The summed E-state index contributed by atoms with van der Waals surface area (Å²) in [5.74, 6) is -0.647. The molecule has 3 amide bonds. The van der Waals surface area contributed by atoms with Gasteiger partial charge in [-0.15, -0.1) is 11.3 Å². The van der Waals surface area contributed by atoms with E-state index in [2.05, 4.69) is 10.3 Å². The Hall–Kier alpha value is -2.48. The first kappa shape index (κ1) is 17.3. The Labute approximate surface area is 149 Å². The van der Waals surface area contributed by atoms with Crippen LogP contribution in [0.5, 0.6) is 0 Å². The summed E-state index contributed by atoms with van der Waals surface area (Å²) >= 11 is 1.46. The summed E-state index contributed by atoms with van der Waals surface area (Å²) in [5.41, 5.74) is 0.327. The number of amides is 3. The highest BCUT2D eigenvalue weighted by atomic mass is 32.1. The van der Waals surface area contributed by atoms with Crippen molar-refractivity contribution in [2.75, 3.05) is 31.5 Å². The summed E-state index contributed by atoms with van der Waals surface area (Å²) in [5, 5.41) is 3.37. The average molecular weight is 362 g/mol. The maximum Gasteiger partial charge on any atom is 0.323 e. The van der Waals surface area contributed by atoms with Crippen LogP contribution in [0, 0.1) is 5.82 Å². The average Bonchev–Trinajstić information content (AvgIpc) is 3.09. The van der Waals surface area contributed by atoms with Crippen LogP contribution < -0.4 is 5.32 Å². The largest absolute Gasteiger partial charge is 0.335 e. The molecule has 1 fully saturated rings. The van der Waals surface area contributed by atoms with Gasteiger partial charge in [-0.1, -0.05) is 13.0 Å². The molecule has 25 heavy (non-hydrogen) atoms. The van der Waals surface area contributed by atoms with Crippen LogP contribution in [0.4, 0.5) is 14.3 Å². The van der Waals surface area contributed by atoms with Crippen molar-refractivity contribution in [1.29, 1.82) is 0 Å². The second kappa shape index (κ2) is 7.60. The number of aromatic nitrogens is 1. The molecule has 1 saturated heterocycles. The number of urea groups is 1. The molecule has 3 rings (SSSR count). The van der Waals surface area contributed by atoms with Gasteiger partial charge >= 0.3 is 6.03 Å². The predicted octanol–water partition coefficient (Wildman–Crippen LogP) is 2.83. The number of anilines is 1. The van der Waals surface area contributed by atoms with Crippen LogP contribution >= 0.6 is 11.3 Å². The number of benzene rings is 1. The van der Waals surface area contributed by atoms with Gasteiger partial charge in [0.15, 0.2) is 5.13 Å². The third kappa shape index (κ3) is 4.14. The zero-order chi connectivity index (χ0) is 17.8. The topological polar surface area (TPSA) is 65.5 Å². The quantitative estimate of drug-likeness (QED) is 0.913. The Morgan fingerprint density at radius 3 is 2.60 bits per heavy atom. The van der Waals surface area contributed by atoms with Gasteiger partial charge in [0, 0.05) is 42.8 Å². The van der Waals surface area contributed by atoms with E-state index in [1.54, 1.807) is 22.1 Å². The number of piperazine rings is 1.